The molecular formula is C15H27N3S. The van der Waals surface area contributed by atoms with E-state index in [1.54, 1.807) is 11.3 Å². The van der Waals surface area contributed by atoms with E-state index in [0.29, 0.717) is 12.0 Å². The number of hydrogen-bond donors (Lipinski definition) is 1. The highest BCUT2D eigenvalue weighted by atomic mass is 32.1. The van der Waals surface area contributed by atoms with E-state index in [4.69, 9.17) is 0 Å². The molecule has 0 spiro atoms. The Labute approximate surface area is 121 Å². The topological polar surface area (TPSA) is 28.2 Å². The van der Waals surface area contributed by atoms with Crippen molar-refractivity contribution in [2.75, 3.05) is 26.2 Å². The zero-order valence-electron chi connectivity index (χ0n) is 12.4. The maximum Gasteiger partial charge on any atom is 0.0965 e. The van der Waals surface area contributed by atoms with Crippen LogP contribution in [0.15, 0.2) is 11.6 Å². The van der Waals surface area contributed by atoms with Crippen LogP contribution in [0.25, 0.3) is 0 Å². The van der Waals surface area contributed by atoms with Crippen molar-refractivity contribution in [2.24, 2.45) is 5.92 Å². The van der Waals surface area contributed by atoms with E-state index in [-0.39, 0.29) is 0 Å². The SMILES string of the molecule is CC(C)CC1CN(CC(C)c2nccs2)CCCN1. The van der Waals surface area contributed by atoms with Crippen molar-refractivity contribution in [3.8, 4) is 0 Å². The summed E-state index contributed by atoms with van der Waals surface area (Å²) in [7, 11) is 0. The minimum absolute atomic E-state index is 0.554. The highest BCUT2D eigenvalue weighted by Gasteiger charge is 2.21. The summed E-state index contributed by atoms with van der Waals surface area (Å²) in [6, 6.07) is 0.658. The maximum atomic E-state index is 4.45. The summed E-state index contributed by atoms with van der Waals surface area (Å²) in [6.07, 6.45) is 4.46. The van der Waals surface area contributed by atoms with E-state index in [1.807, 2.05) is 6.20 Å². The van der Waals surface area contributed by atoms with Gasteiger partial charge in [-0.2, -0.15) is 0 Å². The summed E-state index contributed by atoms with van der Waals surface area (Å²) < 4.78 is 0. The number of nitrogens with zero attached hydrogens (tertiary/aromatic N) is 2. The summed E-state index contributed by atoms with van der Waals surface area (Å²) in [4.78, 5) is 7.07. The van der Waals surface area contributed by atoms with E-state index >= 15 is 0 Å². The second kappa shape index (κ2) is 7.36. The lowest BCUT2D eigenvalue weighted by molar-refractivity contribution is 0.244. The van der Waals surface area contributed by atoms with Gasteiger partial charge in [0.1, 0.15) is 0 Å². The van der Waals surface area contributed by atoms with Gasteiger partial charge in [-0.3, -0.25) is 0 Å². The molecule has 2 heterocycles. The Hall–Kier alpha value is -0.450. The van der Waals surface area contributed by atoms with Gasteiger partial charge in [-0.15, -0.1) is 11.3 Å². The van der Waals surface area contributed by atoms with Crippen molar-refractivity contribution in [1.82, 2.24) is 15.2 Å². The number of thiazole rings is 1. The molecule has 108 valence electrons. The largest absolute Gasteiger partial charge is 0.313 e. The van der Waals surface area contributed by atoms with E-state index in [2.05, 4.69) is 41.4 Å². The third-order valence-corrected chi connectivity index (χ3v) is 4.73. The predicted molar refractivity (Wildman–Crippen MR) is 82.8 cm³/mol. The molecule has 1 aliphatic heterocycles. The first-order valence-electron chi connectivity index (χ1n) is 7.50. The Balaban J connectivity index is 1.87. The fourth-order valence-electron chi connectivity index (χ4n) is 2.91. The molecule has 1 aromatic heterocycles. The number of hydrogen-bond acceptors (Lipinski definition) is 4. The lowest BCUT2D eigenvalue weighted by Crippen LogP contribution is -2.39. The lowest BCUT2D eigenvalue weighted by atomic mass is 10.0. The van der Waals surface area contributed by atoms with E-state index in [0.717, 1.165) is 12.5 Å². The number of nitrogens with one attached hydrogen (secondary N) is 1. The van der Waals surface area contributed by atoms with Crippen LogP contribution in [-0.2, 0) is 0 Å². The van der Waals surface area contributed by atoms with Crippen molar-refractivity contribution >= 4 is 11.3 Å². The average Bonchev–Trinajstić information content (AvgIpc) is 2.79. The molecule has 0 amide bonds. The highest BCUT2D eigenvalue weighted by Crippen LogP contribution is 2.20. The molecule has 2 unspecified atom stereocenters. The quantitative estimate of drug-likeness (QED) is 0.899. The van der Waals surface area contributed by atoms with Gasteiger partial charge >= 0.3 is 0 Å². The minimum Gasteiger partial charge on any atom is -0.313 e. The molecule has 0 bridgehead atoms. The third kappa shape index (κ3) is 4.86. The van der Waals surface area contributed by atoms with Crippen LogP contribution in [0.1, 0.15) is 44.5 Å². The van der Waals surface area contributed by atoms with Crippen LogP contribution in [0.3, 0.4) is 0 Å². The van der Waals surface area contributed by atoms with Gasteiger partial charge in [-0.1, -0.05) is 20.8 Å². The van der Waals surface area contributed by atoms with Crippen LogP contribution in [-0.4, -0.2) is 42.1 Å². The second-order valence-corrected chi connectivity index (χ2v) is 7.09. The summed E-state index contributed by atoms with van der Waals surface area (Å²) in [5.41, 5.74) is 0. The van der Waals surface area contributed by atoms with Gasteiger partial charge in [-0.05, 0) is 31.8 Å². The van der Waals surface area contributed by atoms with Gasteiger partial charge in [-0.25, -0.2) is 4.98 Å². The summed E-state index contributed by atoms with van der Waals surface area (Å²) in [6.45, 7) is 11.6. The molecule has 0 saturated carbocycles. The molecule has 0 radical (unpaired) electrons. The Morgan fingerprint density at radius 3 is 3.00 bits per heavy atom. The first-order chi connectivity index (χ1) is 9.15. The van der Waals surface area contributed by atoms with Crippen molar-refractivity contribution in [2.45, 2.75) is 45.6 Å². The van der Waals surface area contributed by atoms with Crippen molar-refractivity contribution in [3.05, 3.63) is 16.6 Å². The molecule has 0 aromatic carbocycles. The van der Waals surface area contributed by atoms with Gasteiger partial charge in [0.2, 0.25) is 0 Å². The average molecular weight is 281 g/mol. The van der Waals surface area contributed by atoms with E-state index in [1.165, 1.54) is 37.5 Å². The molecule has 3 nitrogen and oxygen atoms in total. The van der Waals surface area contributed by atoms with Crippen molar-refractivity contribution in [1.29, 1.82) is 0 Å². The molecule has 19 heavy (non-hydrogen) atoms. The van der Waals surface area contributed by atoms with Crippen LogP contribution in [0.4, 0.5) is 0 Å². The molecule has 1 N–H and O–H groups in total. The third-order valence-electron chi connectivity index (χ3n) is 3.72. The second-order valence-electron chi connectivity index (χ2n) is 6.17. The maximum absolute atomic E-state index is 4.45. The summed E-state index contributed by atoms with van der Waals surface area (Å²) >= 11 is 1.78. The Kier molecular flexibility index (Phi) is 5.79. The molecular weight excluding hydrogens is 254 g/mol. The van der Waals surface area contributed by atoms with E-state index < -0.39 is 0 Å². The van der Waals surface area contributed by atoms with Gasteiger partial charge in [0.05, 0.1) is 5.01 Å². The van der Waals surface area contributed by atoms with E-state index in [9.17, 15) is 0 Å². The standard InChI is InChI=1S/C15H27N3S/c1-12(2)9-14-11-18(7-4-5-16-14)10-13(3)15-17-6-8-19-15/h6,8,12-14,16H,4-5,7,9-11H2,1-3H3. The molecule has 2 rings (SSSR count). The van der Waals surface area contributed by atoms with Crippen LogP contribution in [0.2, 0.25) is 0 Å². The minimum atomic E-state index is 0.554. The van der Waals surface area contributed by atoms with Crippen molar-refractivity contribution < 1.29 is 0 Å². The Morgan fingerprint density at radius 1 is 1.47 bits per heavy atom. The van der Waals surface area contributed by atoms with Gasteiger partial charge in [0.25, 0.3) is 0 Å². The van der Waals surface area contributed by atoms with Crippen LogP contribution >= 0.6 is 11.3 Å². The summed E-state index contributed by atoms with van der Waals surface area (Å²) in [5, 5.41) is 7.05. The normalized spacial score (nSPS) is 23.5. The number of aromatic nitrogens is 1. The molecule has 1 fully saturated rings. The van der Waals surface area contributed by atoms with Crippen LogP contribution in [0.5, 0.6) is 0 Å². The van der Waals surface area contributed by atoms with Gasteiger partial charge < -0.3 is 10.2 Å². The molecule has 2 atom stereocenters. The number of rotatable bonds is 5. The molecule has 0 aliphatic carbocycles. The Morgan fingerprint density at radius 2 is 2.32 bits per heavy atom. The zero-order chi connectivity index (χ0) is 13.7. The van der Waals surface area contributed by atoms with Crippen molar-refractivity contribution in [3.63, 3.8) is 0 Å². The summed E-state index contributed by atoms with van der Waals surface area (Å²) in [5.74, 6) is 1.33. The monoisotopic (exact) mass is 281 g/mol. The lowest BCUT2D eigenvalue weighted by Gasteiger charge is -2.27. The molecule has 4 heteroatoms. The van der Waals surface area contributed by atoms with Gasteiger partial charge in [0.15, 0.2) is 0 Å². The van der Waals surface area contributed by atoms with Crippen LogP contribution < -0.4 is 5.32 Å². The predicted octanol–water partition coefficient (Wildman–Crippen LogP) is 2.96. The molecule has 1 saturated heterocycles. The highest BCUT2D eigenvalue weighted by molar-refractivity contribution is 7.09. The zero-order valence-corrected chi connectivity index (χ0v) is 13.2. The van der Waals surface area contributed by atoms with Crippen LogP contribution in [0, 0.1) is 5.92 Å². The molecule has 1 aromatic rings. The molecule has 1 aliphatic rings. The first-order valence-corrected chi connectivity index (χ1v) is 8.38. The first kappa shape index (κ1) is 14.9. The fourth-order valence-corrected chi connectivity index (χ4v) is 3.60. The fraction of sp³-hybridized carbons (Fsp3) is 0.800. The Bertz CT molecular complexity index is 350. The van der Waals surface area contributed by atoms with Gasteiger partial charge in [0, 0.05) is 36.6 Å². The smallest absolute Gasteiger partial charge is 0.0965 e.